The van der Waals surface area contributed by atoms with Crippen molar-refractivity contribution in [1.29, 1.82) is 0 Å². The minimum atomic E-state index is 0.511. The summed E-state index contributed by atoms with van der Waals surface area (Å²) in [7, 11) is 0. The van der Waals surface area contributed by atoms with Crippen molar-refractivity contribution < 1.29 is 13.8 Å². The lowest BCUT2D eigenvalue weighted by Crippen LogP contribution is -2.05. The average Bonchev–Trinajstić information content (AvgIpc) is 3.05. The number of aryl methyl sites for hydroxylation is 2. The monoisotopic (exact) mass is 261 g/mol. The fourth-order valence-electron chi connectivity index (χ4n) is 2.11. The molecule has 0 aliphatic carbocycles. The molecule has 0 radical (unpaired) electrons. The Balaban J connectivity index is 1.96. The first-order chi connectivity index (χ1) is 9.29. The highest BCUT2D eigenvalue weighted by Gasteiger charge is 2.21. The first-order valence-corrected chi connectivity index (χ1v) is 6.36. The minimum absolute atomic E-state index is 0.511. The third kappa shape index (κ3) is 2.19. The lowest BCUT2D eigenvalue weighted by atomic mass is 10.1. The van der Waals surface area contributed by atoms with Gasteiger partial charge < -0.3 is 13.8 Å². The molecule has 1 aliphatic heterocycles. The first kappa shape index (κ1) is 12.1. The highest BCUT2D eigenvalue weighted by molar-refractivity contribution is 5.64. The van der Waals surface area contributed by atoms with Crippen molar-refractivity contribution in [2.75, 3.05) is 13.2 Å². The van der Waals surface area contributed by atoms with E-state index in [0.29, 0.717) is 24.1 Å². The van der Waals surface area contributed by atoms with Gasteiger partial charge in [0.15, 0.2) is 0 Å². The fraction of sp³-hybridized carbons (Fsp3) is 0.462. The molecule has 100 valence electrons. The smallest absolute Gasteiger partial charge is 0.256 e. The average molecular weight is 261 g/mol. The standard InChI is InChI=1S/C13H15N3O3/c1-3-10-11(8(2)18-15-10)12-14-13(19-16-12)9-5-4-6-17-7-9/h5H,3-4,6-7H2,1-2H3. The Morgan fingerprint density at radius 3 is 2.89 bits per heavy atom. The Morgan fingerprint density at radius 1 is 1.26 bits per heavy atom. The van der Waals surface area contributed by atoms with E-state index in [4.69, 9.17) is 13.8 Å². The SMILES string of the molecule is CCc1noc(C)c1-c1noc(C2=CCCOC2)n1. The van der Waals surface area contributed by atoms with E-state index in [1.54, 1.807) is 0 Å². The summed E-state index contributed by atoms with van der Waals surface area (Å²) in [6.07, 6.45) is 3.71. The zero-order chi connectivity index (χ0) is 13.2. The van der Waals surface area contributed by atoms with Gasteiger partial charge in [-0.3, -0.25) is 0 Å². The van der Waals surface area contributed by atoms with E-state index < -0.39 is 0 Å². The van der Waals surface area contributed by atoms with Gasteiger partial charge >= 0.3 is 0 Å². The quantitative estimate of drug-likeness (QED) is 0.844. The predicted molar refractivity (Wildman–Crippen MR) is 67.3 cm³/mol. The normalized spacial score (nSPS) is 15.6. The molecule has 3 rings (SSSR count). The molecular weight excluding hydrogens is 246 g/mol. The Labute approximate surface area is 110 Å². The van der Waals surface area contributed by atoms with Crippen LogP contribution in [0.3, 0.4) is 0 Å². The largest absolute Gasteiger partial charge is 0.376 e. The second kappa shape index (κ2) is 4.97. The van der Waals surface area contributed by atoms with E-state index in [1.807, 2.05) is 13.8 Å². The molecule has 0 unspecified atom stereocenters. The molecule has 0 spiro atoms. The maximum absolute atomic E-state index is 5.38. The van der Waals surface area contributed by atoms with E-state index in [-0.39, 0.29) is 0 Å². The molecule has 1 aliphatic rings. The lowest BCUT2D eigenvalue weighted by molar-refractivity contribution is 0.162. The number of nitrogens with zero attached hydrogens (tertiary/aromatic N) is 3. The van der Waals surface area contributed by atoms with Crippen molar-refractivity contribution >= 4 is 5.57 Å². The van der Waals surface area contributed by atoms with Crippen molar-refractivity contribution in [3.63, 3.8) is 0 Å². The van der Waals surface area contributed by atoms with Crippen LogP contribution in [0.2, 0.25) is 0 Å². The van der Waals surface area contributed by atoms with Crippen molar-refractivity contribution in [2.24, 2.45) is 0 Å². The van der Waals surface area contributed by atoms with Crippen LogP contribution in [0, 0.1) is 6.92 Å². The van der Waals surface area contributed by atoms with Crippen LogP contribution in [0.25, 0.3) is 17.0 Å². The maximum atomic E-state index is 5.38. The molecule has 0 atom stereocenters. The van der Waals surface area contributed by atoms with Crippen LogP contribution in [-0.4, -0.2) is 28.5 Å². The number of aromatic nitrogens is 3. The zero-order valence-corrected chi connectivity index (χ0v) is 11.0. The Morgan fingerprint density at radius 2 is 2.16 bits per heavy atom. The van der Waals surface area contributed by atoms with Crippen molar-refractivity contribution in [1.82, 2.24) is 15.3 Å². The van der Waals surface area contributed by atoms with E-state index in [0.717, 1.165) is 36.3 Å². The minimum Gasteiger partial charge on any atom is -0.376 e. The van der Waals surface area contributed by atoms with E-state index in [1.165, 1.54) is 0 Å². The van der Waals surface area contributed by atoms with Crippen LogP contribution in [0.5, 0.6) is 0 Å². The van der Waals surface area contributed by atoms with Crippen molar-refractivity contribution in [3.05, 3.63) is 23.4 Å². The summed E-state index contributed by atoms with van der Waals surface area (Å²) in [6, 6.07) is 0. The Hall–Kier alpha value is -1.95. The lowest BCUT2D eigenvalue weighted by Gasteiger charge is -2.09. The van der Waals surface area contributed by atoms with Crippen LogP contribution in [-0.2, 0) is 11.2 Å². The van der Waals surface area contributed by atoms with Crippen LogP contribution in [0.1, 0.15) is 30.7 Å². The van der Waals surface area contributed by atoms with Crippen molar-refractivity contribution in [2.45, 2.75) is 26.7 Å². The van der Waals surface area contributed by atoms with Crippen LogP contribution < -0.4 is 0 Å². The van der Waals surface area contributed by atoms with Gasteiger partial charge in [-0.25, -0.2) is 0 Å². The van der Waals surface area contributed by atoms with Gasteiger partial charge in [0, 0.05) is 5.57 Å². The van der Waals surface area contributed by atoms with Gasteiger partial charge in [0.05, 0.1) is 24.5 Å². The van der Waals surface area contributed by atoms with E-state index in [2.05, 4.69) is 21.4 Å². The van der Waals surface area contributed by atoms with Gasteiger partial charge in [-0.05, 0) is 19.8 Å². The zero-order valence-electron chi connectivity index (χ0n) is 11.0. The molecule has 2 aromatic rings. The van der Waals surface area contributed by atoms with Gasteiger partial charge in [-0.2, -0.15) is 4.98 Å². The molecule has 0 saturated heterocycles. The second-order valence-electron chi connectivity index (χ2n) is 4.41. The molecule has 3 heterocycles. The summed E-state index contributed by atoms with van der Waals surface area (Å²) in [5.41, 5.74) is 2.62. The summed E-state index contributed by atoms with van der Waals surface area (Å²) in [5, 5.41) is 8.02. The second-order valence-corrected chi connectivity index (χ2v) is 4.41. The van der Waals surface area contributed by atoms with Gasteiger partial charge in [0.25, 0.3) is 5.89 Å². The molecule has 6 nitrogen and oxygen atoms in total. The molecule has 2 aromatic heterocycles. The summed E-state index contributed by atoms with van der Waals surface area (Å²) in [5.74, 6) is 1.74. The summed E-state index contributed by atoms with van der Waals surface area (Å²) < 4.78 is 15.9. The van der Waals surface area contributed by atoms with Crippen LogP contribution in [0.15, 0.2) is 15.1 Å². The number of rotatable bonds is 3. The van der Waals surface area contributed by atoms with Crippen LogP contribution in [0.4, 0.5) is 0 Å². The predicted octanol–water partition coefficient (Wildman–Crippen LogP) is 2.40. The van der Waals surface area contributed by atoms with Gasteiger partial charge in [-0.15, -0.1) is 0 Å². The fourth-order valence-corrected chi connectivity index (χ4v) is 2.11. The number of hydrogen-bond acceptors (Lipinski definition) is 6. The van der Waals surface area contributed by atoms with Gasteiger partial charge in [0.1, 0.15) is 5.76 Å². The molecule has 0 amide bonds. The summed E-state index contributed by atoms with van der Waals surface area (Å²) in [6.45, 7) is 5.12. The highest BCUT2D eigenvalue weighted by Crippen LogP contribution is 2.27. The molecule has 6 heteroatoms. The van der Waals surface area contributed by atoms with Gasteiger partial charge in [0.2, 0.25) is 5.82 Å². The molecule has 0 fully saturated rings. The Kier molecular flexibility index (Phi) is 3.16. The third-order valence-corrected chi connectivity index (χ3v) is 3.10. The van der Waals surface area contributed by atoms with E-state index in [9.17, 15) is 0 Å². The topological polar surface area (TPSA) is 74.2 Å². The van der Waals surface area contributed by atoms with Gasteiger partial charge in [-0.1, -0.05) is 23.3 Å². The maximum Gasteiger partial charge on any atom is 0.256 e. The molecule has 0 bridgehead atoms. The molecule has 0 aromatic carbocycles. The number of hydrogen-bond donors (Lipinski definition) is 0. The first-order valence-electron chi connectivity index (χ1n) is 6.36. The summed E-state index contributed by atoms with van der Waals surface area (Å²) in [4.78, 5) is 4.42. The molecular formula is C13H15N3O3. The molecule has 0 N–H and O–H groups in total. The van der Waals surface area contributed by atoms with E-state index >= 15 is 0 Å². The molecule has 0 saturated carbocycles. The highest BCUT2D eigenvalue weighted by atomic mass is 16.5. The van der Waals surface area contributed by atoms with Crippen molar-refractivity contribution in [3.8, 4) is 11.4 Å². The number of ether oxygens (including phenoxy) is 1. The Bertz CT molecular complexity index is 612. The summed E-state index contributed by atoms with van der Waals surface area (Å²) >= 11 is 0. The molecule has 19 heavy (non-hydrogen) atoms. The third-order valence-electron chi connectivity index (χ3n) is 3.10. The van der Waals surface area contributed by atoms with Crippen LogP contribution >= 0.6 is 0 Å².